The zero-order chi connectivity index (χ0) is 19.0. The SMILES string of the molecule is COC(c1ccccc1)c1nc2c(N)nc3ccccc3c2n1CC(C)C. The van der Waals surface area contributed by atoms with E-state index >= 15 is 0 Å². The fraction of sp³-hybridized carbons (Fsp3) is 0.273. The molecule has 4 aromatic rings. The third kappa shape index (κ3) is 3.04. The highest BCUT2D eigenvalue weighted by Gasteiger charge is 2.24. The molecule has 1 atom stereocenters. The summed E-state index contributed by atoms with van der Waals surface area (Å²) in [6.45, 7) is 5.23. The lowest BCUT2D eigenvalue weighted by Gasteiger charge is -2.19. The molecule has 0 fully saturated rings. The van der Waals surface area contributed by atoms with Crippen LogP contribution in [0.1, 0.15) is 31.3 Å². The Morgan fingerprint density at radius 2 is 1.70 bits per heavy atom. The van der Waals surface area contributed by atoms with Crippen LogP contribution in [0.5, 0.6) is 0 Å². The quantitative estimate of drug-likeness (QED) is 0.567. The molecule has 27 heavy (non-hydrogen) atoms. The van der Waals surface area contributed by atoms with Gasteiger partial charge in [0.1, 0.15) is 17.4 Å². The molecular formula is C22H24N4O. The molecule has 5 heteroatoms. The Bertz CT molecular complexity index is 1090. The summed E-state index contributed by atoms with van der Waals surface area (Å²) in [4.78, 5) is 9.47. The molecule has 2 heterocycles. The number of nitrogens with two attached hydrogens (primary N) is 1. The van der Waals surface area contributed by atoms with Crippen molar-refractivity contribution in [2.45, 2.75) is 26.5 Å². The number of fused-ring (bicyclic) bond motifs is 3. The van der Waals surface area contributed by atoms with Crippen LogP contribution in [0.4, 0.5) is 5.82 Å². The van der Waals surface area contributed by atoms with E-state index in [9.17, 15) is 0 Å². The molecule has 2 aromatic carbocycles. The highest BCUT2D eigenvalue weighted by atomic mass is 16.5. The van der Waals surface area contributed by atoms with Gasteiger partial charge in [-0.05, 0) is 17.5 Å². The smallest absolute Gasteiger partial charge is 0.152 e. The highest BCUT2D eigenvalue weighted by molar-refractivity contribution is 6.06. The molecule has 0 aliphatic rings. The number of nitrogens with zero attached hydrogens (tertiary/aromatic N) is 3. The first-order valence-corrected chi connectivity index (χ1v) is 9.22. The molecule has 5 nitrogen and oxygen atoms in total. The van der Waals surface area contributed by atoms with Gasteiger partial charge < -0.3 is 15.0 Å². The maximum atomic E-state index is 6.29. The monoisotopic (exact) mass is 360 g/mol. The van der Waals surface area contributed by atoms with Crippen molar-refractivity contribution in [3.8, 4) is 0 Å². The van der Waals surface area contributed by atoms with Crippen molar-refractivity contribution in [3.05, 3.63) is 66.0 Å². The van der Waals surface area contributed by atoms with Crippen LogP contribution in [0, 0.1) is 5.92 Å². The van der Waals surface area contributed by atoms with Crippen molar-refractivity contribution in [2.24, 2.45) is 5.92 Å². The lowest BCUT2D eigenvalue weighted by molar-refractivity contribution is 0.125. The van der Waals surface area contributed by atoms with E-state index in [1.807, 2.05) is 36.4 Å². The van der Waals surface area contributed by atoms with E-state index in [-0.39, 0.29) is 6.10 Å². The maximum absolute atomic E-state index is 6.29. The lowest BCUT2D eigenvalue weighted by atomic mass is 10.1. The van der Waals surface area contributed by atoms with Crippen LogP contribution in [0.15, 0.2) is 54.6 Å². The Morgan fingerprint density at radius 1 is 1.00 bits per heavy atom. The first kappa shape index (κ1) is 17.5. The zero-order valence-corrected chi connectivity index (χ0v) is 15.9. The summed E-state index contributed by atoms with van der Waals surface area (Å²) in [6, 6.07) is 18.2. The number of methoxy groups -OCH3 is 1. The average molecular weight is 360 g/mol. The number of pyridine rings is 1. The van der Waals surface area contributed by atoms with Crippen LogP contribution in [0.25, 0.3) is 21.9 Å². The maximum Gasteiger partial charge on any atom is 0.152 e. The summed E-state index contributed by atoms with van der Waals surface area (Å²) >= 11 is 0. The van der Waals surface area contributed by atoms with Gasteiger partial charge in [-0.3, -0.25) is 0 Å². The summed E-state index contributed by atoms with van der Waals surface area (Å²) in [5.41, 5.74) is 10.0. The van der Waals surface area contributed by atoms with Gasteiger partial charge in [-0.1, -0.05) is 62.4 Å². The second-order valence-corrected chi connectivity index (χ2v) is 7.21. The van der Waals surface area contributed by atoms with Gasteiger partial charge in [0, 0.05) is 19.0 Å². The van der Waals surface area contributed by atoms with Crippen molar-refractivity contribution >= 4 is 27.8 Å². The fourth-order valence-electron chi connectivity index (χ4n) is 3.64. The fourth-order valence-corrected chi connectivity index (χ4v) is 3.64. The number of benzene rings is 2. The molecule has 2 N–H and O–H groups in total. The first-order chi connectivity index (χ1) is 13.1. The van der Waals surface area contributed by atoms with E-state index in [2.05, 4.69) is 41.6 Å². The molecule has 2 aromatic heterocycles. The van der Waals surface area contributed by atoms with Gasteiger partial charge in [-0.15, -0.1) is 0 Å². The topological polar surface area (TPSA) is 66.0 Å². The summed E-state index contributed by atoms with van der Waals surface area (Å²) in [7, 11) is 1.72. The summed E-state index contributed by atoms with van der Waals surface area (Å²) in [6.07, 6.45) is -0.268. The van der Waals surface area contributed by atoms with E-state index in [1.165, 1.54) is 0 Å². The number of anilines is 1. The van der Waals surface area contributed by atoms with E-state index < -0.39 is 0 Å². The average Bonchev–Trinajstić information content (AvgIpc) is 3.03. The van der Waals surface area contributed by atoms with Gasteiger partial charge in [0.05, 0.1) is 11.0 Å². The van der Waals surface area contributed by atoms with Gasteiger partial charge in [-0.25, -0.2) is 9.97 Å². The van der Waals surface area contributed by atoms with Crippen LogP contribution in [-0.4, -0.2) is 21.6 Å². The molecule has 1 unspecified atom stereocenters. The number of nitrogen functional groups attached to an aromatic ring is 1. The molecule has 0 bridgehead atoms. The lowest BCUT2D eigenvalue weighted by Crippen LogP contribution is -2.14. The standard InChI is InChI=1S/C22H24N4O/c1-14(2)13-26-19-16-11-7-8-12-17(16)24-21(23)18(19)25-22(26)20(27-3)15-9-5-4-6-10-15/h4-12,14,20H,13H2,1-3H3,(H2,23,24). The van der Waals surface area contributed by atoms with Crippen LogP contribution >= 0.6 is 0 Å². The minimum absolute atomic E-state index is 0.268. The van der Waals surface area contributed by atoms with Crippen molar-refractivity contribution in [1.29, 1.82) is 0 Å². The zero-order valence-electron chi connectivity index (χ0n) is 15.9. The molecule has 0 saturated carbocycles. The summed E-state index contributed by atoms with van der Waals surface area (Å²) in [5.74, 6) is 1.76. The molecule has 0 spiro atoms. The minimum Gasteiger partial charge on any atom is -0.382 e. The number of imidazole rings is 1. The third-order valence-corrected chi connectivity index (χ3v) is 4.76. The summed E-state index contributed by atoms with van der Waals surface area (Å²) in [5, 5.41) is 1.06. The first-order valence-electron chi connectivity index (χ1n) is 9.22. The molecule has 0 aliphatic heterocycles. The third-order valence-electron chi connectivity index (χ3n) is 4.76. The second-order valence-electron chi connectivity index (χ2n) is 7.21. The van der Waals surface area contributed by atoms with Gasteiger partial charge in [0.15, 0.2) is 5.82 Å². The molecule has 4 rings (SSSR count). The Labute approximate surface area is 158 Å². The van der Waals surface area contributed by atoms with Gasteiger partial charge >= 0.3 is 0 Å². The highest BCUT2D eigenvalue weighted by Crippen LogP contribution is 2.34. The number of hydrogen-bond acceptors (Lipinski definition) is 4. The predicted octanol–water partition coefficient (Wildman–Crippen LogP) is 4.56. The van der Waals surface area contributed by atoms with E-state index in [4.69, 9.17) is 15.5 Å². The van der Waals surface area contributed by atoms with E-state index in [1.54, 1.807) is 7.11 Å². The number of para-hydroxylation sites is 1. The van der Waals surface area contributed by atoms with E-state index in [0.29, 0.717) is 11.7 Å². The van der Waals surface area contributed by atoms with Crippen molar-refractivity contribution in [1.82, 2.24) is 14.5 Å². The normalized spacial score (nSPS) is 12.9. The van der Waals surface area contributed by atoms with Crippen molar-refractivity contribution in [3.63, 3.8) is 0 Å². The Morgan fingerprint density at radius 3 is 2.41 bits per heavy atom. The number of aromatic nitrogens is 3. The molecule has 0 saturated heterocycles. The number of hydrogen-bond donors (Lipinski definition) is 1. The molecule has 138 valence electrons. The van der Waals surface area contributed by atoms with Crippen LogP contribution in [0.2, 0.25) is 0 Å². The van der Waals surface area contributed by atoms with Crippen molar-refractivity contribution < 1.29 is 4.74 Å². The van der Waals surface area contributed by atoms with Gasteiger partial charge in [0.2, 0.25) is 0 Å². The van der Waals surface area contributed by atoms with Gasteiger partial charge in [0.25, 0.3) is 0 Å². The number of ether oxygens (including phenoxy) is 1. The largest absolute Gasteiger partial charge is 0.382 e. The van der Waals surface area contributed by atoms with Gasteiger partial charge in [-0.2, -0.15) is 0 Å². The Balaban J connectivity index is 2.05. The summed E-state index contributed by atoms with van der Waals surface area (Å²) < 4.78 is 8.13. The Hall–Kier alpha value is -2.92. The Kier molecular flexibility index (Phi) is 4.54. The minimum atomic E-state index is -0.268. The molecule has 0 aliphatic carbocycles. The van der Waals surface area contributed by atoms with Crippen LogP contribution in [-0.2, 0) is 11.3 Å². The predicted molar refractivity (Wildman–Crippen MR) is 110 cm³/mol. The van der Waals surface area contributed by atoms with E-state index in [0.717, 1.165) is 39.9 Å². The van der Waals surface area contributed by atoms with Crippen molar-refractivity contribution in [2.75, 3.05) is 12.8 Å². The molecular weight excluding hydrogens is 336 g/mol. The van der Waals surface area contributed by atoms with Crippen LogP contribution in [0.3, 0.4) is 0 Å². The molecule has 0 radical (unpaired) electrons. The van der Waals surface area contributed by atoms with Crippen LogP contribution < -0.4 is 5.73 Å². The second kappa shape index (κ2) is 7.00. The molecule has 0 amide bonds. The number of rotatable bonds is 5.